The smallest absolute Gasteiger partial charge is 0.254 e. The van der Waals surface area contributed by atoms with Gasteiger partial charge in [0.15, 0.2) is 6.79 Å². The predicted molar refractivity (Wildman–Crippen MR) is 75.8 cm³/mol. The molecule has 0 aromatic heterocycles. The third-order valence-corrected chi connectivity index (χ3v) is 3.84. The number of halogens is 1. The van der Waals surface area contributed by atoms with Crippen molar-refractivity contribution < 1.29 is 28.1 Å². The van der Waals surface area contributed by atoms with E-state index in [9.17, 15) is 4.39 Å². The lowest BCUT2D eigenvalue weighted by Gasteiger charge is -2.33. The highest BCUT2D eigenvalue weighted by Gasteiger charge is 2.40. The minimum Gasteiger partial charge on any atom is -0.467 e. The fourth-order valence-electron chi connectivity index (χ4n) is 2.70. The zero-order chi connectivity index (χ0) is 15.4. The van der Waals surface area contributed by atoms with Crippen molar-refractivity contribution in [3.05, 3.63) is 41.6 Å². The maximum Gasteiger partial charge on any atom is 0.254 e. The molecule has 1 spiro atoms. The molecule has 0 saturated carbocycles. The van der Waals surface area contributed by atoms with Crippen molar-refractivity contribution in [2.75, 3.05) is 27.1 Å². The summed E-state index contributed by atoms with van der Waals surface area (Å²) >= 11 is 0. The minimum atomic E-state index is -0.737. The molecule has 6 heteroatoms. The molecule has 1 aliphatic heterocycles. The summed E-state index contributed by atoms with van der Waals surface area (Å²) < 4.78 is 40.8. The fraction of sp³-hybridized carbons (Fsp3) is 0.500. The number of benzene rings is 1. The SMILES string of the molecule is COCCOCOc1cc(F)c2c(c1)CCC1(C2)OC=CO1. The van der Waals surface area contributed by atoms with Gasteiger partial charge in [0.25, 0.3) is 5.79 Å². The first-order valence-electron chi connectivity index (χ1n) is 7.24. The Labute approximate surface area is 128 Å². The van der Waals surface area contributed by atoms with Crippen molar-refractivity contribution in [1.29, 1.82) is 0 Å². The Balaban J connectivity index is 1.64. The molecule has 1 heterocycles. The third kappa shape index (κ3) is 3.18. The zero-order valence-corrected chi connectivity index (χ0v) is 12.5. The van der Waals surface area contributed by atoms with Gasteiger partial charge in [-0.1, -0.05) is 0 Å². The van der Waals surface area contributed by atoms with Crippen LogP contribution in [0.2, 0.25) is 0 Å². The molecule has 0 N–H and O–H groups in total. The Morgan fingerprint density at radius 3 is 2.82 bits per heavy atom. The Kier molecular flexibility index (Phi) is 4.49. The van der Waals surface area contributed by atoms with Gasteiger partial charge in [-0.3, -0.25) is 0 Å². The topological polar surface area (TPSA) is 46.2 Å². The Bertz CT molecular complexity index is 550. The molecular formula is C16H19FO5. The van der Waals surface area contributed by atoms with E-state index in [1.165, 1.54) is 18.6 Å². The van der Waals surface area contributed by atoms with Crippen molar-refractivity contribution >= 4 is 0 Å². The molecule has 5 nitrogen and oxygen atoms in total. The fourth-order valence-corrected chi connectivity index (χ4v) is 2.70. The number of methoxy groups -OCH3 is 1. The van der Waals surface area contributed by atoms with Crippen molar-refractivity contribution in [3.63, 3.8) is 0 Å². The summed E-state index contributed by atoms with van der Waals surface area (Å²) in [6.07, 6.45) is 4.77. The number of hydrogen-bond donors (Lipinski definition) is 0. The van der Waals surface area contributed by atoms with E-state index in [1.807, 2.05) is 6.07 Å². The third-order valence-electron chi connectivity index (χ3n) is 3.84. The lowest BCUT2D eigenvalue weighted by molar-refractivity contribution is -0.149. The molecule has 0 saturated heterocycles. The molecule has 0 amide bonds. The number of hydrogen-bond acceptors (Lipinski definition) is 5. The second kappa shape index (κ2) is 6.54. The van der Waals surface area contributed by atoms with Crippen LogP contribution in [0.25, 0.3) is 0 Å². The van der Waals surface area contributed by atoms with Gasteiger partial charge in [-0.25, -0.2) is 4.39 Å². The second-order valence-corrected chi connectivity index (χ2v) is 5.30. The van der Waals surface area contributed by atoms with Crippen LogP contribution in [0.5, 0.6) is 5.75 Å². The molecule has 120 valence electrons. The number of fused-ring (bicyclic) bond motifs is 1. The highest BCUT2D eigenvalue weighted by molar-refractivity contribution is 5.39. The summed E-state index contributed by atoms with van der Waals surface area (Å²) in [6.45, 7) is 1.01. The quantitative estimate of drug-likeness (QED) is 0.597. The molecule has 3 rings (SSSR count). The number of ether oxygens (including phenoxy) is 5. The van der Waals surface area contributed by atoms with Gasteiger partial charge in [0.05, 0.1) is 19.6 Å². The van der Waals surface area contributed by atoms with Crippen molar-refractivity contribution in [2.45, 2.75) is 25.0 Å². The number of aryl methyl sites for hydroxylation is 1. The van der Waals surface area contributed by atoms with Crippen LogP contribution in [0.15, 0.2) is 24.7 Å². The van der Waals surface area contributed by atoms with E-state index in [4.69, 9.17) is 23.7 Å². The first kappa shape index (κ1) is 15.1. The zero-order valence-electron chi connectivity index (χ0n) is 12.5. The van der Waals surface area contributed by atoms with Gasteiger partial charge >= 0.3 is 0 Å². The van der Waals surface area contributed by atoms with E-state index in [0.29, 0.717) is 43.8 Å². The van der Waals surface area contributed by atoms with Crippen LogP contribution < -0.4 is 4.74 Å². The Morgan fingerprint density at radius 1 is 1.23 bits per heavy atom. The van der Waals surface area contributed by atoms with Gasteiger partial charge < -0.3 is 23.7 Å². The maximum absolute atomic E-state index is 14.3. The predicted octanol–water partition coefficient (Wildman–Crippen LogP) is 2.53. The average molecular weight is 310 g/mol. The summed E-state index contributed by atoms with van der Waals surface area (Å²) in [5.74, 6) is -0.571. The molecule has 22 heavy (non-hydrogen) atoms. The molecule has 2 aliphatic rings. The Hall–Kier alpha value is -1.79. The first-order chi connectivity index (χ1) is 10.7. The lowest BCUT2D eigenvalue weighted by atomic mass is 9.86. The summed E-state index contributed by atoms with van der Waals surface area (Å²) in [6, 6.07) is 3.23. The van der Waals surface area contributed by atoms with E-state index in [2.05, 4.69) is 0 Å². The molecule has 1 aromatic rings. The van der Waals surface area contributed by atoms with E-state index in [-0.39, 0.29) is 12.6 Å². The summed E-state index contributed by atoms with van der Waals surface area (Å²) in [5.41, 5.74) is 1.55. The molecular weight excluding hydrogens is 291 g/mol. The van der Waals surface area contributed by atoms with Crippen molar-refractivity contribution in [1.82, 2.24) is 0 Å². The van der Waals surface area contributed by atoms with Gasteiger partial charge in [-0.15, -0.1) is 0 Å². The van der Waals surface area contributed by atoms with E-state index < -0.39 is 5.79 Å². The lowest BCUT2D eigenvalue weighted by Crippen LogP contribution is -2.37. The van der Waals surface area contributed by atoms with E-state index in [1.54, 1.807) is 7.11 Å². The molecule has 0 radical (unpaired) electrons. The molecule has 0 unspecified atom stereocenters. The van der Waals surface area contributed by atoms with Gasteiger partial charge in [0, 0.05) is 19.6 Å². The Morgan fingerprint density at radius 2 is 2.05 bits per heavy atom. The molecule has 1 aliphatic carbocycles. The van der Waals surface area contributed by atoms with E-state index in [0.717, 1.165) is 5.56 Å². The molecule has 0 atom stereocenters. The maximum atomic E-state index is 14.3. The van der Waals surface area contributed by atoms with Crippen LogP contribution in [0, 0.1) is 5.82 Å². The number of rotatable bonds is 6. The molecule has 0 fully saturated rings. The summed E-state index contributed by atoms with van der Waals surface area (Å²) in [7, 11) is 1.60. The molecule has 0 bridgehead atoms. The molecule has 1 aromatic carbocycles. The highest BCUT2D eigenvalue weighted by atomic mass is 19.1. The highest BCUT2D eigenvalue weighted by Crippen LogP contribution is 2.38. The van der Waals surface area contributed by atoms with Crippen molar-refractivity contribution in [2.24, 2.45) is 0 Å². The van der Waals surface area contributed by atoms with Crippen LogP contribution in [0.4, 0.5) is 4.39 Å². The van der Waals surface area contributed by atoms with E-state index >= 15 is 0 Å². The average Bonchev–Trinajstić information content (AvgIpc) is 2.96. The van der Waals surface area contributed by atoms with Crippen LogP contribution in [-0.4, -0.2) is 32.9 Å². The van der Waals surface area contributed by atoms with Crippen LogP contribution >= 0.6 is 0 Å². The monoisotopic (exact) mass is 310 g/mol. The van der Waals surface area contributed by atoms with Crippen LogP contribution in [-0.2, 0) is 31.8 Å². The summed E-state index contributed by atoms with van der Waals surface area (Å²) in [4.78, 5) is 0. The normalized spacial score (nSPS) is 17.9. The van der Waals surface area contributed by atoms with Crippen molar-refractivity contribution in [3.8, 4) is 5.75 Å². The van der Waals surface area contributed by atoms with Crippen LogP contribution in [0.1, 0.15) is 17.5 Å². The first-order valence-corrected chi connectivity index (χ1v) is 7.24. The second-order valence-electron chi connectivity index (χ2n) is 5.30. The van der Waals surface area contributed by atoms with Crippen LogP contribution in [0.3, 0.4) is 0 Å². The van der Waals surface area contributed by atoms with Gasteiger partial charge in [-0.05, 0) is 23.6 Å². The van der Waals surface area contributed by atoms with Gasteiger partial charge in [-0.2, -0.15) is 0 Å². The van der Waals surface area contributed by atoms with Gasteiger partial charge in [0.2, 0.25) is 0 Å². The largest absolute Gasteiger partial charge is 0.467 e. The van der Waals surface area contributed by atoms with Gasteiger partial charge in [0.1, 0.15) is 24.1 Å². The standard InChI is InChI=1S/C16H19FO5/c1-18-4-5-19-11-20-13-8-12-2-3-16(21-6-7-22-16)10-14(12)15(17)9-13/h6-9H,2-5,10-11H2,1H3. The minimum absolute atomic E-state index is 0.0711. The summed E-state index contributed by atoms with van der Waals surface area (Å²) in [5, 5.41) is 0.